The van der Waals surface area contributed by atoms with Crippen LogP contribution < -0.4 is 10.1 Å². The molecule has 5 heteroatoms. The first-order chi connectivity index (χ1) is 8.19. The molecule has 0 aromatic heterocycles. The number of rotatable bonds is 6. The van der Waals surface area contributed by atoms with Gasteiger partial charge in [0.25, 0.3) is 0 Å². The highest BCUT2D eigenvalue weighted by atomic mass is 35.5. The van der Waals surface area contributed by atoms with Gasteiger partial charge in [0.2, 0.25) is 5.91 Å². The van der Waals surface area contributed by atoms with Gasteiger partial charge in [-0.2, -0.15) is 0 Å². The molecule has 0 aliphatic heterocycles. The summed E-state index contributed by atoms with van der Waals surface area (Å²) in [4.78, 5) is 21.7. The molecule has 1 N–H and O–H groups in total. The van der Waals surface area contributed by atoms with Gasteiger partial charge in [0.15, 0.2) is 6.29 Å². The second-order valence-electron chi connectivity index (χ2n) is 3.40. The number of benzene rings is 1. The zero-order valence-electron chi connectivity index (χ0n) is 9.53. The first kappa shape index (κ1) is 13.5. The molecule has 0 aliphatic rings. The number of aldehydes is 1. The maximum Gasteiger partial charge on any atom is 0.219 e. The number of carbonyl (C=O) groups excluding carboxylic acids is 2. The van der Waals surface area contributed by atoms with Crippen molar-refractivity contribution >= 4 is 23.8 Å². The number of para-hydroxylation sites is 1. The van der Waals surface area contributed by atoms with Crippen LogP contribution in [0.4, 0.5) is 0 Å². The van der Waals surface area contributed by atoms with E-state index in [1.807, 2.05) is 0 Å². The molecular weight excluding hydrogens is 242 g/mol. The average Bonchev–Trinajstić information content (AvgIpc) is 2.35. The quantitative estimate of drug-likeness (QED) is 0.625. The monoisotopic (exact) mass is 255 g/mol. The minimum absolute atomic E-state index is 0.0385. The third-order valence-electron chi connectivity index (χ3n) is 2.20. The summed E-state index contributed by atoms with van der Waals surface area (Å²) in [5, 5.41) is 2.92. The minimum atomic E-state index is -0.0385. The predicted molar refractivity (Wildman–Crippen MR) is 65.6 cm³/mol. The highest BCUT2D eigenvalue weighted by Gasteiger charge is 2.07. The van der Waals surface area contributed by atoms with Crippen LogP contribution in [0.1, 0.15) is 23.2 Å². The van der Waals surface area contributed by atoms with Gasteiger partial charge in [0, 0.05) is 13.5 Å². The van der Waals surface area contributed by atoms with E-state index in [2.05, 4.69) is 5.32 Å². The van der Waals surface area contributed by atoms with Crippen molar-refractivity contribution < 1.29 is 14.3 Å². The number of amides is 1. The Hall–Kier alpha value is -1.55. The number of hydrogen-bond acceptors (Lipinski definition) is 3. The summed E-state index contributed by atoms with van der Waals surface area (Å²) >= 11 is 5.91. The number of ether oxygens (including phenoxy) is 1. The highest BCUT2D eigenvalue weighted by molar-refractivity contribution is 6.32. The Morgan fingerprint density at radius 3 is 2.94 bits per heavy atom. The van der Waals surface area contributed by atoms with E-state index in [0.717, 1.165) is 0 Å². The molecule has 1 amide bonds. The number of nitrogens with one attached hydrogen (secondary N) is 1. The molecule has 0 aliphatic carbocycles. The third-order valence-corrected chi connectivity index (χ3v) is 2.50. The van der Waals surface area contributed by atoms with Gasteiger partial charge >= 0.3 is 0 Å². The lowest BCUT2D eigenvalue weighted by Crippen LogP contribution is -2.18. The van der Waals surface area contributed by atoms with Crippen LogP contribution in [0.15, 0.2) is 18.2 Å². The van der Waals surface area contributed by atoms with Crippen molar-refractivity contribution in [2.45, 2.75) is 12.8 Å². The zero-order valence-corrected chi connectivity index (χ0v) is 10.3. The highest BCUT2D eigenvalue weighted by Crippen LogP contribution is 2.27. The summed E-state index contributed by atoms with van der Waals surface area (Å²) in [5.41, 5.74) is 0.414. The van der Waals surface area contributed by atoms with E-state index >= 15 is 0 Å². The summed E-state index contributed by atoms with van der Waals surface area (Å²) < 4.78 is 5.41. The van der Waals surface area contributed by atoms with Gasteiger partial charge in [-0.1, -0.05) is 17.7 Å². The molecule has 1 rings (SSSR count). The van der Waals surface area contributed by atoms with Gasteiger partial charge in [-0.25, -0.2) is 0 Å². The van der Waals surface area contributed by atoms with Crippen LogP contribution in [0.2, 0.25) is 5.02 Å². The Labute approximate surface area is 105 Å². The molecule has 0 fully saturated rings. The molecule has 0 atom stereocenters. The van der Waals surface area contributed by atoms with Gasteiger partial charge in [-0.15, -0.1) is 0 Å². The van der Waals surface area contributed by atoms with Crippen LogP contribution in [-0.4, -0.2) is 25.8 Å². The fourth-order valence-corrected chi connectivity index (χ4v) is 1.54. The molecule has 0 bridgehead atoms. The first-order valence-corrected chi connectivity index (χ1v) is 5.64. The predicted octanol–water partition coefficient (Wildman–Crippen LogP) is 2.06. The van der Waals surface area contributed by atoms with Crippen molar-refractivity contribution in [1.82, 2.24) is 5.32 Å². The van der Waals surface area contributed by atoms with E-state index in [1.54, 1.807) is 25.2 Å². The van der Waals surface area contributed by atoms with Gasteiger partial charge < -0.3 is 10.1 Å². The molecule has 0 unspecified atom stereocenters. The van der Waals surface area contributed by atoms with Crippen LogP contribution in [0, 0.1) is 0 Å². The Kier molecular flexibility index (Phi) is 5.49. The summed E-state index contributed by atoms with van der Waals surface area (Å²) in [7, 11) is 1.59. The van der Waals surface area contributed by atoms with Crippen molar-refractivity contribution in [3.63, 3.8) is 0 Å². The maximum atomic E-state index is 11.0. The van der Waals surface area contributed by atoms with Gasteiger partial charge in [0.05, 0.1) is 17.2 Å². The summed E-state index contributed by atoms with van der Waals surface area (Å²) in [5.74, 6) is 0.337. The average molecular weight is 256 g/mol. The Bertz CT molecular complexity index is 407. The number of halogens is 1. The topological polar surface area (TPSA) is 55.4 Å². The molecule has 4 nitrogen and oxygen atoms in total. The smallest absolute Gasteiger partial charge is 0.219 e. The molecular formula is C12H14ClNO3. The van der Waals surface area contributed by atoms with Crippen LogP contribution in [0.5, 0.6) is 5.75 Å². The Morgan fingerprint density at radius 1 is 1.53 bits per heavy atom. The molecule has 92 valence electrons. The van der Waals surface area contributed by atoms with E-state index in [4.69, 9.17) is 16.3 Å². The van der Waals surface area contributed by atoms with Crippen molar-refractivity contribution in [3.8, 4) is 5.75 Å². The SMILES string of the molecule is CNC(=O)CCCOc1c(Cl)cccc1C=O. The molecule has 0 saturated heterocycles. The van der Waals surface area contributed by atoms with Crippen molar-refractivity contribution in [3.05, 3.63) is 28.8 Å². The molecule has 1 aromatic rings. The van der Waals surface area contributed by atoms with E-state index in [1.165, 1.54) is 0 Å². The Balaban J connectivity index is 2.51. The van der Waals surface area contributed by atoms with Crippen molar-refractivity contribution in [1.29, 1.82) is 0 Å². The molecule has 0 spiro atoms. The fourth-order valence-electron chi connectivity index (χ4n) is 1.30. The van der Waals surface area contributed by atoms with Gasteiger partial charge in [0.1, 0.15) is 5.75 Å². The number of hydrogen-bond donors (Lipinski definition) is 1. The summed E-state index contributed by atoms with van der Waals surface area (Å²) in [6, 6.07) is 4.97. The number of carbonyl (C=O) groups is 2. The lowest BCUT2D eigenvalue weighted by atomic mass is 10.2. The summed E-state index contributed by atoms with van der Waals surface area (Å²) in [6.45, 7) is 0.345. The standard InChI is InChI=1S/C12H14ClNO3/c1-14-11(16)6-3-7-17-12-9(8-15)4-2-5-10(12)13/h2,4-5,8H,3,6-7H2,1H3,(H,14,16). The molecule has 1 aromatic carbocycles. The third kappa shape index (κ3) is 4.07. The van der Waals surface area contributed by atoms with Gasteiger partial charge in [-0.05, 0) is 18.6 Å². The first-order valence-electron chi connectivity index (χ1n) is 5.26. The molecule has 0 heterocycles. The molecule has 0 saturated carbocycles. The maximum absolute atomic E-state index is 11.0. The van der Waals surface area contributed by atoms with Gasteiger partial charge in [-0.3, -0.25) is 9.59 Å². The van der Waals surface area contributed by atoms with Crippen LogP contribution in [0.3, 0.4) is 0 Å². The van der Waals surface area contributed by atoms with E-state index in [9.17, 15) is 9.59 Å². The van der Waals surface area contributed by atoms with E-state index in [0.29, 0.717) is 42.1 Å². The fraction of sp³-hybridized carbons (Fsp3) is 0.333. The molecule has 0 radical (unpaired) electrons. The second kappa shape index (κ2) is 6.91. The van der Waals surface area contributed by atoms with E-state index < -0.39 is 0 Å². The zero-order chi connectivity index (χ0) is 12.7. The minimum Gasteiger partial charge on any atom is -0.491 e. The lowest BCUT2D eigenvalue weighted by Gasteiger charge is -2.09. The van der Waals surface area contributed by atoms with Crippen LogP contribution in [0.25, 0.3) is 0 Å². The van der Waals surface area contributed by atoms with Crippen molar-refractivity contribution in [2.24, 2.45) is 0 Å². The van der Waals surface area contributed by atoms with E-state index in [-0.39, 0.29) is 5.91 Å². The van der Waals surface area contributed by atoms with Crippen LogP contribution in [-0.2, 0) is 4.79 Å². The van der Waals surface area contributed by atoms with Crippen LogP contribution >= 0.6 is 11.6 Å². The summed E-state index contributed by atoms with van der Waals surface area (Å²) in [6.07, 6.45) is 1.65. The normalized spacial score (nSPS) is 9.76. The Morgan fingerprint density at radius 2 is 2.29 bits per heavy atom. The largest absolute Gasteiger partial charge is 0.491 e. The van der Waals surface area contributed by atoms with Crippen molar-refractivity contribution in [2.75, 3.05) is 13.7 Å². The molecule has 17 heavy (non-hydrogen) atoms. The second-order valence-corrected chi connectivity index (χ2v) is 3.81. The lowest BCUT2D eigenvalue weighted by molar-refractivity contribution is -0.120.